The summed E-state index contributed by atoms with van der Waals surface area (Å²) < 4.78 is 5.78. The Hall–Kier alpha value is -0.670. The standard InChI is InChI=1S/C13H21NOS/c1-4-16-8-7-15-13-9-10(2)5-6-12(13)11(3)14/h5-6,9,11H,4,7-8,14H2,1-3H3/t11-/m1/s1. The van der Waals surface area contributed by atoms with Gasteiger partial charge < -0.3 is 10.5 Å². The zero-order valence-corrected chi connectivity index (χ0v) is 11.1. The fourth-order valence-corrected chi connectivity index (χ4v) is 1.99. The first-order valence-electron chi connectivity index (χ1n) is 5.71. The minimum absolute atomic E-state index is 0.0226. The second-order valence-corrected chi connectivity index (χ2v) is 5.27. The summed E-state index contributed by atoms with van der Waals surface area (Å²) in [4.78, 5) is 0. The van der Waals surface area contributed by atoms with E-state index in [1.807, 2.05) is 18.7 Å². The van der Waals surface area contributed by atoms with Crippen LogP contribution in [-0.4, -0.2) is 18.1 Å². The molecule has 1 rings (SSSR count). The molecule has 0 heterocycles. The summed E-state index contributed by atoms with van der Waals surface area (Å²) in [5.74, 6) is 3.10. The van der Waals surface area contributed by atoms with Crippen LogP contribution in [0.5, 0.6) is 5.75 Å². The maximum atomic E-state index is 5.91. The van der Waals surface area contributed by atoms with Gasteiger partial charge in [-0.3, -0.25) is 0 Å². The maximum absolute atomic E-state index is 5.91. The van der Waals surface area contributed by atoms with E-state index in [1.165, 1.54) is 5.56 Å². The van der Waals surface area contributed by atoms with Crippen molar-refractivity contribution in [2.45, 2.75) is 26.8 Å². The molecule has 0 bridgehead atoms. The van der Waals surface area contributed by atoms with E-state index in [4.69, 9.17) is 10.5 Å². The average molecular weight is 239 g/mol. The van der Waals surface area contributed by atoms with Gasteiger partial charge in [-0.1, -0.05) is 19.1 Å². The highest BCUT2D eigenvalue weighted by atomic mass is 32.2. The minimum atomic E-state index is 0.0226. The van der Waals surface area contributed by atoms with Crippen molar-refractivity contribution in [1.29, 1.82) is 0 Å². The molecule has 0 fully saturated rings. The predicted octanol–water partition coefficient (Wildman–Crippen LogP) is 3.15. The first-order chi connectivity index (χ1) is 7.65. The molecular formula is C13H21NOS. The Morgan fingerprint density at radius 2 is 2.19 bits per heavy atom. The first-order valence-corrected chi connectivity index (χ1v) is 6.87. The molecule has 0 aliphatic carbocycles. The first kappa shape index (κ1) is 13.4. The van der Waals surface area contributed by atoms with Crippen LogP contribution in [0.25, 0.3) is 0 Å². The van der Waals surface area contributed by atoms with Crippen molar-refractivity contribution in [3.63, 3.8) is 0 Å². The Morgan fingerprint density at radius 1 is 1.44 bits per heavy atom. The molecule has 0 aromatic heterocycles. The molecule has 0 amide bonds. The van der Waals surface area contributed by atoms with Crippen LogP contribution in [0.1, 0.15) is 31.0 Å². The highest BCUT2D eigenvalue weighted by Crippen LogP contribution is 2.25. The van der Waals surface area contributed by atoms with Crippen LogP contribution < -0.4 is 10.5 Å². The van der Waals surface area contributed by atoms with Crippen molar-refractivity contribution < 1.29 is 4.74 Å². The molecule has 1 aromatic rings. The molecule has 2 nitrogen and oxygen atoms in total. The summed E-state index contributed by atoms with van der Waals surface area (Å²) in [6.07, 6.45) is 0. The monoisotopic (exact) mass is 239 g/mol. The van der Waals surface area contributed by atoms with Gasteiger partial charge in [-0.25, -0.2) is 0 Å². The molecule has 16 heavy (non-hydrogen) atoms. The van der Waals surface area contributed by atoms with E-state index in [0.29, 0.717) is 0 Å². The molecule has 0 aliphatic heterocycles. The van der Waals surface area contributed by atoms with Gasteiger partial charge in [0.15, 0.2) is 0 Å². The SMILES string of the molecule is CCSCCOc1cc(C)ccc1[C@@H](C)N. The van der Waals surface area contributed by atoms with Gasteiger partial charge in [-0.05, 0) is 31.2 Å². The molecule has 90 valence electrons. The largest absolute Gasteiger partial charge is 0.492 e. The van der Waals surface area contributed by atoms with Crippen molar-refractivity contribution in [3.8, 4) is 5.75 Å². The molecule has 1 aromatic carbocycles. The Kier molecular flexibility index (Phi) is 5.71. The minimum Gasteiger partial charge on any atom is -0.492 e. The fourth-order valence-electron chi connectivity index (χ4n) is 1.50. The zero-order valence-electron chi connectivity index (χ0n) is 10.3. The molecule has 1 atom stereocenters. The third kappa shape index (κ3) is 4.06. The molecule has 0 spiro atoms. The Balaban J connectivity index is 2.65. The van der Waals surface area contributed by atoms with Gasteiger partial charge in [0.05, 0.1) is 6.61 Å². The lowest BCUT2D eigenvalue weighted by Gasteiger charge is -2.14. The van der Waals surface area contributed by atoms with Crippen molar-refractivity contribution in [2.75, 3.05) is 18.1 Å². The van der Waals surface area contributed by atoms with Gasteiger partial charge in [0.1, 0.15) is 5.75 Å². The van der Waals surface area contributed by atoms with E-state index in [1.54, 1.807) is 0 Å². The second kappa shape index (κ2) is 6.81. The molecule has 0 unspecified atom stereocenters. The van der Waals surface area contributed by atoms with Gasteiger partial charge in [0.2, 0.25) is 0 Å². The Morgan fingerprint density at radius 3 is 2.81 bits per heavy atom. The van der Waals surface area contributed by atoms with Crippen LogP contribution in [0, 0.1) is 6.92 Å². The summed E-state index contributed by atoms with van der Waals surface area (Å²) in [6, 6.07) is 6.22. The van der Waals surface area contributed by atoms with Gasteiger partial charge in [-0.2, -0.15) is 11.8 Å². The molecular weight excluding hydrogens is 218 g/mol. The third-order valence-electron chi connectivity index (χ3n) is 2.35. The highest BCUT2D eigenvalue weighted by molar-refractivity contribution is 7.99. The Bertz CT molecular complexity index is 326. The van der Waals surface area contributed by atoms with Gasteiger partial charge in [0, 0.05) is 17.4 Å². The number of aryl methyl sites for hydroxylation is 1. The lowest BCUT2D eigenvalue weighted by atomic mass is 10.1. The third-order valence-corrected chi connectivity index (χ3v) is 3.21. The summed E-state index contributed by atoms with van der Waals surface area (Å²) in [5.41, 5.74) is 8.21. The number of rotatable bonds is 6. The van der Waals surface area contributed by atoms with E-state index >= 15 is 0 Å². The smallest absolute Gasteiger partial charge is 0.124 e. The number of hydrogen-bond donors (Lipinski definition) is 1. The molecule has 0 saturated heterocycles. The molecule has 0 aliphatic rings. The second-order valence-electron chi connectivity index (χ2n) is 3.88. The zero-order chi connectivity index (χ0) is 12.0. The van der Waals surface area contributed by atoms with Crippen LogP contribution in [0.4, 0.5) is 0 Å². The van der Waals surface area contributed by atoms with Crippen LogP contribution >= 0.6 is 11.8 Å². The maximum Gasteiger partial charge on any atom is 0.124 e. The number of ether oxygens (including phenoxy) is 1. The number of thioether (sulfide) groups is 1. The van der Waals surface area contributed by atoms with Gasteiger partial charge in [0.25, 0.3) is 0 Å². The van der Waals surface area contributed by atoms with Crippen molar-refractivity contribution in [2.24, 2.45) is 5.73 Å². The van der Waals surface area contributed by atoms with E-state index in [0.717, 1.165) is 29.4 Å². The molecule has 0 saturated carbocycles. The average Bonchev–Trinajstić information content (AvgIpc) is 2.24. The quantitative estimate of drug-likeness (QED) is 0.775. The van der Waals surface area contributed by atoms with Gasteiger partial charge in [-0.15, -0.1) is 0 Å². The fraction of sp³-hybridized carbons (Fsp3) is 0.538. The van der Waals surface area contributed by atoms with E-state index in [-0.39, 0.29) is 6.04 Å². The number of hydrogen-bond acceptors (Lipinski definition) is 3. The van der Waals surface area contributed by atoms with Crippen molar-refractivity contribution in [3.05, 3.63) is 29.3 Å². The van der Waals surface area contributed by atoms with Crippen molar-refractivity contribution in [1.82, 2.24) is 0 Å². The lowest BCUT2D eigenvalue weighted by molar-refractivity contribution is 0.338. The lowest BCUT2D eigenvalue weighted by Crippen LogP contribution is -2.09. The molecule has 3 heteroatoms. The predicted molar refractivity (Wildman–Crippen MR) is 72.3 cm³/mol. The van der Waals surface area contributed by atoms with Crippen LogP contribution in [0.2, 0.25) is 0 Å². The van der Waals surface area contributed by atoms with E-state index in [9.17, 15) is 0 Å². The number of nitrogens with two attached hydrogens (primary N) is 1. The van der Waals surface area contributed by atoms with Crippen LogP contribution in [0.15, 0.2) is 18.2 Å². The topological polar surface area (TPSA) is 35.2 Å². The van der Waals surface area contributed by atoms with Crippen molar-refractivity contribution >= 4 is 11.8 Å². The normalized spacial score (nSPS) is 12.5. The molecule has 0 radical (unpaired) electrons. The Labute approximate surface area is 103 Å². The van der Waals surface area contributed by atoms with Crippen LogP contribution in [0.3, 0.4) is 0 Å². The molecule has 2 N–H and O–H groups in total. The van der Waals surface area contributed by atoms with Gasteiger partial charge >= 0.3 is 0 Å². The van der Waals surface area contributed by atoms with Crippen LogP contribution in [-0.2, 0) is 0 Å². The van der Waals surface area contributed by atoms with E-state index < -0.39 is 0 Å². The number of benzene rings is 1. The highest BCUT2D eigenvalue weighted by Gasteiger charge is 2.07. The summed E-state index contributed by atoms with van der Waals surface area (Å²) >= 11 is 1.89. The summed E-state index contributed by atoms with van der Waals surface area (Å²) in [5, 5.41) is 0. The summed E-state index contributed by atoms with van der Waals surface area (Å²) in [6.45, 7) is 6.96. The van der Waals surface area contributed by atoms with E-state index in [2.05, 4.69) is 32.0 Å². The summed E-state index contributed by atoms with van der Waals surface area (Å²) in [7, 11) is 0.